The number of aryl methyl sites for hydroxylation is 2. The summed E-state index contributed by atoms with van der Waals surface area (Å²) in [7, 11) is 0. The standard InChI is InChI=1S/C20H17N5O/c1-3-16-10-9-15(11-22-16)17-12-21-13(2)18(23-17)20-25-24-19(26-20)14-7-5-4-6-8-14/h4-12H,3H2,1-2H3. The average Bonchev–Trinajstić information content (AvgIpc) is 3.19. The van der Waals surface area contributed by atoms with Crippen molar-refractivity contribution in [1.82, 2.24) is 25.1 Å². The topological polar surface area (TPSA) is 77.6 Å². The molecular formula is C20H17N5O. The van der Waals surface area contributed by atoms with Crippen molar-refractivity contribution in [3.63, 3.8) is 0 Å². The molecule has 0 aliphatic carbocycles. The van der Waals surface area contributed by atoms with E-state index in [2.05, 4.69) is 32.1 Å². The molecule has 3 heterocycles. The van der Waals surface area contributed by atoms with Gasteiger partial charge in [0.15, 0.2) is 0 Å². The van der Waals surface area contributed by atoms with Gasteiger partial charge >= 0.3 is 0 Å². The van der Waals surface area contributed by atoms with E-state index in [1.807, 2.05) is 55.6 Å². The minimum absolute atomic E-state index is 0.355. The number of rotatable bonds is 4. The molecule has 0 unspecified atom stereocenters. The Balaban J connectivity index is 1.71. The molecule has 3 aromatic heterocycles. The summed E-state index contributed by atoms with van der Waals surface area (Å²) in [5, 5.41) is 8.28. The van der Waals surface area contributed by atoms with Crippen molar-refractivity contribution in [3.8, 4) is 34.3 Å². The molecule has 0 fully saturated rings. The number of hydrogen-bond donors (Lipinski definition) is 0. The van der Waals surface area contributed by atoms with Crippen LogP contribution < -0.4 is 0 Å². The van der Waals surface area contributed by atoms with Crippen LogP contribution in [0.1, 0.15) is 18.3 Å². The maximum atomic E-state index is 5.82. The number of aromatic nitrogens is 5. The Kier molecular flexibility index (Phi) is 4.23. The molecule has 0 N–H and O–H groups in total. The van der Waals surface area contributed by atoms with E-state index in [0.29, 0.717) is 17.5 Å². The number of hydrogen-bond acceptors (Lipinski definition) is 6. The Morgan fingerprint density at radius 1 is 0.846 bits per heavy atom. The van der Waals surface area contributed by atoms with Gasteiger partial charge in [-0.2, -0.15) is 0 Å². The van der Waals surface area contributed by atoms with Gasteiger partial charge in [0.25, 0.3) is 5.89 Å². The maximum Gasteiger partial charge on any atom is 0.268 e. The molecule has 0 saturated carbocycles. The third-order valence-corrected chi connectivity index (χ3v) is 4.09. The second kappa shape index (κ2) is 6.84. The van der Waals surface area contributed by atoms with Gasteiger partial charge in [-0.3, -0.25) is 9.97 Å². The molecular weight excluding hydrogens is 326 g/mol. The highest BCUT2D eigenvalue weighted by Crippen LogP contribution is 2.26. The van der Waals surface area contributed by atoms with Crippen LogP contribution in [0.4, 0.5) is 0 Å². The van der Waals surface area contributed by atoms with E-state index in [0.717, 1.165) is 34.6 Å². The van der Waals surface area contributed by atoms with Crippen LogP contribution >= 0.6 is 0 Å². The van der Waals surface area contributed by atoms with Crippen molar-refractivity contribution in [2.24, 2.45) is 0 Å². The predicted octanol–water partition coefficient (Wildman–Crippen LogP) is 4.13. The minimum Gasteiger partial charge on any atom is -0.415 e. The van der Waals surface area contributed by atoms with Crippen LogP contribution in [0, 0.1) is 6.92 Å². The van der Waals surface area contributed by atoms with Gasteiger partial charge in [-0.1, -0.05) is 25.1 Å². The van der Waals surface area contributed by atoms with Crippen molar-refractivity contribution < 1.29 is 4.42 Å². The third-order valence-electron chi connectivity index (χ3n) is 4.09. The zero-order chi connectivity index (χ0) is 17.9. The molecule has 0 aliphatic heterocycles. The molecule has 0 amide bonds. The van der Waals surface area contributed by atoms with Gasteiger partial charge in [0.2, 0.25) is 5.89 Å². The molecule has 4 aromatic rings. The van der Waals surface area contributed by atoms with Crippen LogP contribution in [0.15, 0.2) is 59.3 Å². The quantitative estimate of drug-likeness (QED) is 0.554. The lowest BCUT2D eigenvalue weighted by atomic mass is 10.2. The maximum absolute atomic E-state index is 5.82. The van der Waals surface area contributed by atoms with Crippen molar-refractivity contribution in [1.29, 1.82) is 0 Å². The largest absolute Gasteiger partial charge is 0.415 e. The minimum atomic E-state index is 0.355. The van der Waals surface area contributed by atoms with E-state index in [9.17, 15) is 0 Å². The van der Waals surface area contributed by atoms with Crippen LogP contribution in [0.25, 0.3) is 34.3 Å². The second-order valence-corrected chi connectivity index (χ2v) is 5.86. The molecule has 6 nitrogen and oxygen atoms in total. The highest BCUT2D eigenvalue weighted by atomic mass is 16.4. The van der Waals surface area contributed by atoms with E-state index in [1.165, 1.54) is 0 Å². The van der Waals surface area contributed by atoms with E-state index in [4.69, 9.17) is 4.42 Å². The lowest BCUT2D eigenvalue weighted by molar-refractivity contribution is 0.581. The Labute approximate surface area is 151 Å². The molecule has 6 heteroatoms. The first-order chi connectivity index (χ1) is 12.7. The Bertz CT molecular complexity index is 1030. The molecule has 128 valence electrons. The first kappa shape index (κ1) is 16.1. The van der Waals surface area contributed by atoms with E-state index in [1.54, 1.807) is 6.20 Å². The second-order valence-electron chi connectivity index (χ2n) is 5.86. The number of benzene rings is 1. The highest BCUT2D eigenvalue weighted by molar-refractivity contribution is 5.62. The zero-order valence-corrected chi connectivity index (χ0v) is 14.5. The molecule has 0 radical (unpaired) electrons. The van der Waals surface area contributed by atoms with Gasteiger partial charge < -0.3 is 4.42 Å². The lowest BCUT2D eigenvalue weighted by Crippen LogP contribution is -1.96. The molecule has 0 aliphatic rings. The molecule has 4 rings (SSSR count). The predicted molar refractivity (Wildman–Crippen MR) is 98.1 cm³/mol. The summed E-state index contributed by atoms with van der Waals surface area (Å²) in [6.45, 7) is 3.95. The summed E-state index contributed by atoms with van der Waals surface area (Å²) in [6.07, 6.45) is 4.44. The molecule has 0 atom stereocenters. The van der Waals surface area contributed by atoms with Crippen LogP contribution in [-0.2, 0) is 6.42 Å². The Hall–Kier alpha value is -3.41. The highest BCUT2D eigenvalue weighted by Gasteiger charge is 2.16. The molecule has 0 bridgehead atoms. The van der Waals surface area contributed by atoms with Gasteiger partial charge in [0, 0.05) is 23.0 Å². The van der Waals surface area contributed by atoms with Crippen molar-refractivity contribution in [2.75, 3.05) is 0 Å². The normalized spacial score (nSPS) is 10.8. The van der Waals surface area contributed by atoms with Crippen molar-refractivity contribution in [2.45, 2.75) is 20.3 Å². The van der Waals surface area contributed by atoms with Crippen LogP contribution in [0.5, 0.6) is 0 Å². The number of nitrogens with zero attached hydrogens (tertiary/aromatic N) is 5. The molecule has 0 spiro atoms. The zero-order valence-electron chi connectivity index (χ0n) is 14.5. The van der Waals surface area contributed by atoms with Gasteiger partial charge in [0.05, 0.1) is 17.6 Å². The van der Waals surface area contributed by atoms with Gasteiger partial charge in [0.1, 0.15) is 5.69 Å². The summed E-state index contributed by atoms with van der Waals surface area (Å²) in [4.78, 5) is 13.5. The van der Waals surface area contributed by atoms with Gasteiger partial charge in [-0.05, 0) is 37.6 Å². The van der Waals surface area contributed by atoms with Crippen LogP contribution in [0.2, 0.25) is 0 Å². The summed E-state index contributed by atoms with van der Waals surface area (Å²) >= 11 is 0. The van der Waals surface area contributed by atoms with Crippen LogP contribution in [-0.4, -0.2) is 25.1 Å². The third kappa shape index (κ3) is 3.09. The first-order valence-electron chi connectivity index (χ1n) is 8.43. The van der Waals surface area contributed by atoms with Crippen molar-refractivity contribution in [3.05, 3.63) is 66.2 Å². The molecule has 0 saturated heterocycles. The van der Waals surface area contributed by atoms with E-state index in [-0.39, 0.29) is 0 Å². The average molecular weight is 343 g/mol. The fourth-order valence-electron chi connectivity index (χ4n) is 2.59. The summed E-state index contributed by atoms with van der Waals surface area (Å²) in [5.41, 5.74) is 4.84. The summed E-state index contributed by atoms with van der Waals surface area (Å²) in [5.74, 6) is 0.815. The Morgan fingerprint density at radius 3 is 2.38 bits per heavy atom. The van der Waals surface area contributed by atoms with Crippen molar-refractivity contribution >= 4 is 0 Å². The Morgan fingerprint density at radius 2 is 1.65 bits per heavy atom. The van der Waals surface area contributed by atoms with Gasteiger partial charge in [-0.25, -0.2) is 4.98 Å². The van der Waals surface area contributed by atoms with Crippen LogP contribution in [0.3, 0.4) is 0 Å². The van der Waals surface area contributed by atoms with E-state index < -0.39 is 0 Å². The summed E-state index contributed by atoms with van der Waals surface area (Å²) in [6, 6.07) is 13.6. The molecule has 26 heavy (non-hydrogen) atoms. The lowest BCUT2D eigenvalue weighted by Gasteiger charge is -2.05. The first-order valence-corrected chi connectivity index (χ1v) is 8.43. The SMILES string of the molecule is CCc1ccc(-c2cnc(C)c(-c3nnc(-c4ccccc4)o3)n2)cn1. The number of pyridine rings is 1. The van der Waals surface area contributed by atoms with Gasteiger partial charge in [-0.15, -0.1) is 10.2 Å². The fraction of sp³-hybridized carbons (Fsp3) is 0.150. The smallest absolute Gasteiger partial charge is 0.268 e. The molecule has 1 aromatic carbocycles. The monoisotopic (exact) mass is 343 g/mol. The summed E-state index contributed by atoms with van der Waals surface area (Å²) < 4.78 is 5.82. The fourth-order valence-corrected chi connectivity index (χ4v) is 2.59. The van der Waals surface area contributed by atoms with E-state index >= 15 is 0 Å².